The first-order valence-corrected chi connectivity index (χ1v) is 18.1. The van der Waals surface area contributed by atoms with Crippen molar-refractivity contribution in [3.05, 3.63) is 71.8 Å². The number of hydrogen-bond acceptors (Lipinski definition) is 9. The number of benzene rings is 2. The second-order valence-electron chi connectivity index (χ2n) is 14.2. The standard InChI is InChI=1S/C39H51N5O10/c1-22(2)35(50)27(17-24-11-7-5-8-12-24)41-36(51)28(18-25-13-9-6-10-14-25)42-39(54)31(21-34(48)49)44-37(52)29(19-32(45)26-15-16-26)43-38(53)30(20-33(46)47)40-23(3)4/h5-14,22-23,26-31,40H,15-21H2,1-4H3,(H,41,51)(H,42,54)(H,43,53)(H,44,52)(H,46,47)(H,48,49). The first-order chi connectivity index (χ1) is 25.5. The van der Waals surface area contributed by atoms with Gasteiger partial charge in [-0.1, -0.05) is 88.4 Å². The molecule has 0 heterocycles. The number of ketones is 2. The van der Waals surface area contributed by atoms with Gasteiger partial charge in [0.15, 0.2) is 5.78 Å². The van der Waals surface area contributed by atoms with Crippen LogP contribution in [0.3, 0.4) is 0 Å². The minimum Gasteiger partial charge on any atom is -0.481 e. The lowest BCUT2D eigenvalue weighted by Gasteiger charge is -2.27. The Bertz CT molecular complexity index is 1650. The first kappa shape index (κ1) is 43.0. The van der Waals surface area contributed by atoms with Crippen LogP contribution in [0.25, 0.3) is 0 Å². The smallest absolute Gasteiger partial charge is 0.305 e. The van der Waals surface area contributed by atoms with Gasteiger partial charge in [-0.3, -0.25) is 38.4 Å². The Morgan fingerprint density at radius 3 is 1.39 bits per heavy atom. The van der Waals surface area contributed by atoms with Gasteiger partial charge in [0.25, 0.3) is 0 Å². The molecule has 5 atom stereocenters. The lowest BCUT2D eigenvalue weighted by molar-refractivity contribution is -0.142. The van der Waals surface area contributed by atoms with E-state index in [2.05, 4.69) is 26.6 Å². The fraction of sp³-hybridized carbons (Fsp3) is 0.487. The molecule has 3 rings (SSSR count). The number of aliphatic carboxylic acids is 2. The van der Waals surface area contributed by atoms with Crippen LogP contribution < -0.4 is 26.6 Å². The Kier molecular flexibility index (Phi) is 16.5. The summed E-state index contributed by atoms with van der Waals surface area (Å²) in [5.74, 6) is -7.76. The van der Waals surface area contributed by atoms with E-state index < -0.39 is 91.0 Å². The highest BCUT2D eigenvalue weighted by atomic mass is 16.4. The number of carbonyl (C=O) groups is 8. The van der Waals surface area contributed by atoms with Gasteiger partial charge < -0.3 is 36.8 Å². The molecule has 1 aliphatic carbocycles. The number of rotatable bonds is 23. The monoisotopic (exact) mass is 749 g/mol. The highest BCUT2D eigenvalue weighted by Crippen LogP contribution is 2.31. The lowest BCUT2D eigenvalue weighted by Crippen LogP contribution is -2.60. The summed E-state index contributed by atoms with van der Waals surface area (Å²) >= 11 is 0. The number of nitrogens with one attached hydrogen (secondary N) is 5. The molecule has 0 spiro atoms. The molecule has 7 N–H and O–H groups in total. The van der Waals surface area contributed by atoms with Gasteiger partial charge in [-0.25, -0.2) is 0 Å². The molecule has 2 aromatic rings. The molecule has 0 aromatic heterocycles. The summed E-state index contributed by atoms with van der Waals surface area (Å²) in [4.78, 5) is 104. The van der Waals surface area contributed by atoms with E-state index >= 15 is 0 Å². The van der Waals surface area contributed by atoms with Gasteiger partial charge in [-0.05, 0) is 30.4 Å². The molecule has 15 heteroatoms. The van der Waals surface area contributed by atoms with E-state index in [1.54, 1.807) is 70.2 Å². The lowest BCUT2D eigenvalue weighted by atomic mass is 9.95. The number of carbonyl (C=O) groups excluding carboxylic acids is 6. The summed E-state index contributed by atoms with van der Waals surface area (Å²) in [6.07, 6.45) is -0.700. The molecule has 5 unspecified atom stereocenters. The molecule has 0 aliphatic heterocycles. The number of carboxylic acid groups (broad SMARTS) is 2. The van der Waals surface area contributed by atoms with Crippen LogP contribution >= 0.6 is 0 Å². The molecule has 2 aromatic carbocycles. The van der Waals surface area contributed by atoms with Crippen molar-refractivity contribution in [1.82, 2.24) is 26.6 Å². The maximum atomic E-state index is 13.9. The minimum atomic E-state index is -1.77. The zero-order valence-corrected chi connectivity index (χ0v) is 31.0. The number of carboxylic acids is 2. The van der Waals surface area contributed by atoms with E-state index in [4.69, 9.17) is 0 Å². The maximum absolute atomic E-state index is 13.9. The molecule has 1 fully saturated rings. The van der Waals surface area contributed by atoms with Gasteiger partial charge in [0.2, 0.25) is 23.6 Å². The average Bonchev–Trinajstić information content (AvgIpc) is 3.96. The van der Waals surface area contributed by atoms with Crippen LogP contribution in [0, 0.1) is 11.8 Å². The van der Waals surface area contributed by atoms with Crippen LogP contribution in [0.1, 0.15) is 70.9 Å². The van der Waals surface area contributed by atoms with Gasteiger partial charge in [-0.2, -0.15) is 0 Å². The van der Waals surface area contributed by atoms with Crippen molar-refractivity contribution in [2.24, 2.45) is 11.8 Å². The van der Waals surface area contributed by atoms with Crippen LogP contribution in [0.15, 0.2) is 60.7 Å². The zero-order chi connectivity index (χ0) is 39.9. The summed E-state index contributed by atoms with van der Waals surface area (Å²) in [5, 5.41) is 31.9. The summed E-state index contributed by atoms with van der Waals surface area (Å²) in [5.41, 5.74) is 1.43. The second-order valence-corrected chi connectivity index (χ2v) is 14.2. The SMILES string of the molecule is CC(C)NC(CC(=O)O)C(=O)NC(CC(=O)C1CC1)C(=O)NC(CC(=O)O)C(=O)NC(Cc1ccccc1)C(=O)NC(Cc1ccccc1)C(=O)C(C)C. The first-order valence-electron chi connectivity index (χ1n) is 18.1. The van der Waals surface area contributed by atoms with Crippen LogP contribution in [0.5, 0.6) is 0 Å². The maximum Gasteiger partial charge on any atom is 0.305 e. The molecule has 292 valence electrons. The van der Waals surface area contributed by atoms with Crippen molar-refractivity contribution in [3.8, 4) is 0 Å². The Labute approximate surface area is 314 Å². The molecular weight excluding hydrogens is 698 g/mol. The van der Waals surface area contributed by atoms with Gasteiger partial charge in [0.05, 0.1) is 24.9 Å². The van der Waals surface area contributed by atoms with Crippen molar-refractivity contribution < 1.29 is 48.6 Å². The molecule has 0 radical (unpaired) electrons. The number of hydrogen-bond donors (Lipinski definition) is 7. The molecule has 1 aliphatic rings. The summed E-state index contributed by atoms with van der Waals surface area (Å²) in [6, 6.07) is 10.5. The highest BCUT2D eigenvalue weighted by molar-refractivity contribution is 5.99. The van der Waals surface area contributed by atoms with Crippen LogP contribution in [0.2, 0.25) is 0 Å². The van der Waals surface area contributed by atoms with Crippen LogP contribution in [-0.4, -0.2) is 93.6 Å². The Balaban J connectivity index is 1.88. The zero-order valence-electron chi connectivity index (χ0n) is 31.0. The van der Waals surface area contributed by atoms with E-state index in [0.29, 0.717) is 18.4 Å². The largest absolute Gasteiger partial charge is 0.481 e. The Hall–Kier alpha value is -5.44. The molecule has 4 amide bonds. The van der Waals surface area contributed by atoms with Crippen molar-refractivity contribution in [2.45, 2.75) is 109 Å². The highest BCUT2D eigenvalue weighted by Gasteiger charge is 2.37. The molecule has 1 saturated carbocycles. The number of Topliss-reactive ketones (excluding diaryl/α,β-unsaturated/α-hetero) is 2. The third-order valence-corrected chi connectivity index (χ3v) is 8.74. The third-order valence-electron chi connectivity index (χ3n) is 8.74. The van der Waals surface area contributed by atoms with Crippen molar-refractivity contribution in [2.75, 3.05) is 0 Å². The van der Waals surface area contributed by atoms with Crippen LogP contribution in [0.4, 0.5) is 0 Å². The van der Waals surface area contributed by atoms with Crippen molar-refractivity contribution >= 4 is 47.1 Å². The predicted octanol–water partition coefficient (Wildman–Crippen LogP) is 1.32. The second kappa shape index (κ2) is 20.7. The third kappa shape index (κ3) is 14.5. The summed E-state index contributed by atoms with van der Waals surface area (Å²) in [7, 11) is 0. The minimum absolute atomic E-state index is 0.0531. The van der Waals surface area contributed by atoms with E-state index in [1.165, 1.54) is 0 Å². The molecule has 54 heavy (non-hydrogen) atoms. The fourth-order valence-electron chi connectivity index (χ4n) is 5.79. The topological polar surface area (TPSA) is 237 Å². The van der Waals surface area contributed by atoms with Gasteiger partial charge >= 0.3 is 11.9 Å². The quantitative estimate of drug-likeness (QED) is 0.0856. The van der Waals surface area contributed by atoms with E-state index in [1.807, 2.05) is 18.2 Å². The predicted molar refractivity (Wildman–Crippen MR) is 197 cm³/mol. The van der Waals surface area contributed by atoms with E-state index in [0.717, 1.165) is 5.56 Å². The molecular formula is C39H51N5O10. The molecule has 15 nitrogen and oxygen atoms in total. The van der Waals surface area contributed by atoms with Gasteiger partial charge in [0, 0.05) is 30.7 Å². The van der Waals surface area contributed by atoms with Crippen LogP contribution in [-0.2, 0) is 51.2 Å². The summed E-state index contributed by atoms with van der Waals surface area (Å²) < 4.78 is 0. The molecule has 0 saturated heterocycles. The van der Waals surface area contributed by atoms with Crippen molar-refractivity contribution in [1.29, 1.82) is 0 Å². The van der Waals surface area contributed by atoms with E-state index in [-0.39, 0.29) is 36.4 Å². The number of amides is 4. The normalized spacial score (nSPS) is 15.2. The Morgan fingerprint density at radius 1 is 0.556 bits per heavy atom. The molecule has 0 bridgehead atoms. The average molecular weight is 750 g/mol. The Morgan fingerprint density at radius 2 is 0.944 bits per heavy atom. The van der Waals surface area contributed by atoms with E-state index in [9.17, 15) is 48.6 Å². The van der Waals surface area contributed by atoms with Gasteiger partial charge in [0.1, 0.15) is 23.9 Å². The fourth-order valence-corrected chi connectivity index (χ4v) is 5.79. The van der Waals surface area contributed by atoms with Crippen molar-refractivity contribution in [3.63, 3.8) is 0 Å². The van der Waals surface area contributed by atoms with Gasteiger partial charge in [-0.15, -0.1) is 0 Å². The summed E-state index contributed by atoms with van der Waals surface area (Å²) in [6.45, 7) is 6.79.